The number of H-pyrrole nitrogens is 1. The Morgan fingerprint density at radius 1 is 1.10 bits per heavy atom. The molecular weight excluding hydrogens is 250 g/mol. The fraction of sp³-hybridized carbons (Fsp3) is 0.118. The maximum Gasteiger partial charge on any atom is 0.330 e. The van der Waals surface area contributed by atoms with Crippen molar-refractivity contribution >= 4 is 27.8 Å². The Balaban J connectivity index is 2.03. The molecule has 0 radical (unpaired) electrons. The van der Waals surface area contributed by atoms with Crippen molar-refractivity contribution in [3.63, 3.8) is 0 Å². The van der Waals surface area contributed by atoms with Crippen LogP contribution in [0, 0.1) is 0 Å². The number of carbonyl (C=O) groups is 1. The van der Waals surface area contributed by atoms with E-state index in [1.54, 1.807) is 0 Å². The molecule has 2 N–H and O–H groups in total. The highest BCUT2D eigenvalue weighted by molar-refractivity contribution is 6.08. The maximum absolute atomic E-state index is 10.8. The van der Waals surface area contributed by atoms with Gasteiger partial charge in [0.2, 0.25) is 0 Å². The second kappa shape index (κ2) is 4.85. The van der Waals surface area contributed by atoms with Crippen LogP contribution in [-0.2, 0) is 11.2 Å². The molecule has 0 aliphatic rings. The van der Waals surface area contributed by atoms with Crippen LogP contribution in [0.15, 0.2) is 54.6 Å². The molecule has 3 rings (SSSR count). The summed E-state index contributed by atoms with van der Waals surface area (Å²) < 4.78 is 0. The van der Waals surface area contributed by atoms with Crippen molar-refractivity contribution in [2.45, 2.75) is 12.8 Å². The zero-order chi connectivity index (χ0) is 14.1. The second-order valence-electron chi connectivity index (χ2n) is 4.92. The highest BCUT2D eigenvalue weighted by Gasteiger charge is 2.09. The van der Waals surface area contributed by atoms with Crippen molar-refractivity contribution in [3.8, 4) is 0 Å². The first-order valence-corrected chi connectivity index (χ1v) is 6.56. The van der Waals surface area contributed by atoms with Crippen molar-refractivity contribution in [1.29, 1.82) is 0 Å². The Labute approximate surface area is 116 Å². The molecule has 0 unspecified atom stereocenters. The van der Waals surface area contributed by atoms with Gasteiger partial charge in [0.25, 0.3) is 0 Å². The number of para-hydroxylation sites is 2. The van der Waals surface area contributed by atoms with Crippen molar-refractivity contribution < 1.29 is 9.90 Å². The summed E-state index contributed by atoms with van der Waals surface area (Å²) >= 11 is 0. The van der Waals surface area contributed by atoms with Gasteiger partial charge in [-0.3, -0.25) is 0 Å². The van der Waals surface area contributed by atoms with Gasteiger partial charge in [0.15, 0.2) is 0 Å². The van der Waals surface area contributed by atoms with Crippen LogP contribution >= 0.6 is 0 Å². The average Bonchev–Trinajstić information content (AvgIpc) is 2.83. The summed E-state index contributed by atoms with van der Waals surface area (Å²) in [5.74, 6) is -0.922. The molecule has 0 saturated carbocycles. The SMILES string of the molecule is C=C(CCc1cccc2c1[nH]c1ccccc12)C(=O)O. The van der Waals surface area contributed by atoms with Gasteiger partial charge in [0.05, 0.1) is 0 Å². The van der Waals surface area contributed by atoms with Gasteiger partial charge in [0, 0.05) is 27.4 Å². The minimum absolute atomic E-state index is 0.248. The zero-order valence-corrected chi connectivity index (χ0v) is 11.0. The molecule has 0 aliphatic carbocycles. The molecule has 2 aromatic carbocycles. The number of hydrogen-bond donors (Lipinski definition) is 2. The van der Waals surface area contributed by atoms with E-state index in [4.69, 9.17) is 5.11 Å². The van der Waals surface area contributed by atoms with Crippen molar-refractivity contribution in [2.75, 3.05) is 0 Å². The Morgan fingerprint density at radius 2 is 1.85 bits per heavy atom. The Hall–Kier alpha value is -2.55. The van der Waals surface area contributed by atoms with Crippen molar-refractivity contribution in [2.24, 2.45) is 0 Å². The van der Waals surface area contributed by atoms with Crippen LogP contribution in [0.1, 0.15) is 12.0 Å². The highest BCUT2D eigenvalue weighted by Crippen LogP contribution is 2.28. The van der Waals surface area contributed by atoms with Gasteiger partial charge in [-0.25, -0.2) is 4.79 Å². The fourth-order valence-electron chi connectivity index (χ4n) is 2.53. The molecule has 0 spiro atoms. The molecular formula is C17H15NO2. The van der Waals surface area contributed by atoms with Crippen LogP contribution in [0.4, 0.5) is 0 Å². The number of aromatic nitrogens is 1. The number of fused-ring (bicyclic) bond motifs is 3. The summed E-state index contributed by atoms with van der Waals surface area (Å²) in [6.45, 7) is 3.58. The predicted octanol–water partition coefficient (Wildman–Crippen LogP) is 3.89. The van der Waals surface area contributed by atoms with E-state index in [9.17, 15) is 4.79 Å². The van der Waals surface area contributed by atoms with Gasteiger partial charge in [-0.05, 0) is 24.5 Å². The van der Waals surface area contributed by atoms with E-state index in [0.29, 0.717) is 12.8 Å². The maximum atomic E-state index is 10.8. The van der Waals surface area contributed by atoms with Gasteiger partial charge >= 0.3 is 5.97 Å². The van der Waals surface area contributed by atoms with Crippen LogP contribution < -0.4 is 0 Å². The molecule has 0 saturated heterocycles. The fourth-order valence-corrected chi connectivity index (χ4v) is 2.53. The van der Waals surface area contributed by atoms with E-state index in [1.807, 2.05) is 24.3 Å². The number of aromatic amines is 1. The molecule has 1 aromatic heterocycles. The molecule has 0 aliphatic heterocycles. The minimum Gasteiger partial charge on any atom is -0.478 e. The summed E-state index contributed by atoms with van der Waals surface area (Å²) in [5.41, 5.74) is 3.57. The third-order valence-electron chi connectivity index (χ3n) is 3.63. The summed E-state index contributed by atoms with van der Waals surface area (Å²) in [5, 5.41) is 11.3. The smallest absolute Gasteiger partial charge is 0.330 e. The minimum atomic E-state index is -0.922. The Kier molecular flexibility index (Phi) is 3.03. The molecule has 3 heteroatoms. The van der Waals surface area contributed by atoms with Gasteiger partial charge in [-0.2, -0.15) is 0 Å². The quantitative estimate of drug-likeness (QED) is 0.703. The van der Waals surface area contributed by atoms with E-state index in [2.05, 4.69) is 29.8 Å². The van der Waals surface area contributed by atoms with Gasteiger partial charge in [-0.1, -0.05) is 43.0 Å². The molecule has 0 bridgehead atoms. The summed E-state index contributed by atoms with van der Waals surface area (Å²) in [7, 11) is 0. The number of hydrogen-bond acceptors (Lipinski definition) is 1. The van der Waals surface area contributed by atoms with Crippen LogP contribution in [0.25, 0.3) is 21.8 Å². The van der Waals surface area contributed by atoms with E-state index >= 15 is 0 Å². The Bertz CT molecular complexity index is 814. The first kappa shape index (κ1) is 12.5. The molecule has 1 heterocycles. The number of carboxylic acid groups (broad SMARTS) is 1. The lowest BCUT2D eigenvalue weighted by Gasteiger charge is -2.03. The van der Waals surface area contributed by atoms with Gasteiger partial charge < -0.3 is 10.1 Å². The Morgan fingerprint density at radius 3 is 2.65 bits per heavy atom. The van der Waals surface area contributed by atoms with E-state index in [1.165, 1.54) is 10.8 Å². The van der Waals surface area contributed by atoms with E-state index in [-0.39, 0.29) is 5.57 Å². The number of aryl methyl sites for hydroxylation is 1. The second-order valence-corrected chi connectivity index (χ2v) is 4.92. The third-order valence-corrected chi connectivity index (χ3v) is 3.63. The standard InChI is InChI=1S/C17H15NO2/c1-11(17(19)20)9-10-12-5-4-7-14-13-6-2-3-8-15(13)18-16(12)14/h2-8,18H,1,9-10H2,(H,19,20). The molecule has 3 nitrogen and oxygen atoms in total. The van der Waals surface area contributed by atoms with E-state index < -0.39 is 5.97 Å². The lowest BCUT2D eigenvalue weighted by molar-refractivity contribution is -0.132. The first-order valence-electron chi connectivity index (χ1n) is 6.56. The molecule has 0 atom stereocenters. The highest BCUT2D eigenvalue weighted by atomic mass is 16.4. The first-order chi connectivity index (χ1) is 9.66. The van der Waals surface area contributed by atoms with E-state index in [0.717, 1.165) is 16.6 Å². The predicted molar refractivity (Wildman–Crippen MR) is 80.9 cm³/mol. The summed E-state index contributed by atoms with van der Waals surface area (Å²) in [6.07, 6.45) is 1.14. The van der Waals surface area contributed by atoms with Crippen LogP contribution in [0.5, 0.6) is 0 Å². The molecule has 100 valence electrons. The molecule has 0 fully saturated rings. The topological polar surface area (TPSA) is 53.1 Å². The molecule has 0 amide bonds. The number of aliphatic carboxylic acids is 1. The van der Waals surface area contributed by atoms with Crippen LogP contribution in [0.3, 0.4) is 0 Å². The number of carboxylic acids is 1. The lowest BCUT2D eigenvalue weighted by atomic mass is 10.0. The number of nitrogens with one attached hydrogen (secondary N) is 1. The van der Waals surface area contributed by atoms with Crippen molar-refractivity contribution in [3.05, 3.63) is 60.2 Å². The molecule has 3 aromatic rings. The summed E-state index contributed by atoms with van der Waals surface area (Å²) in [4.78, 5) is 14.2. The average molecular weight is 265 g/mol. The number of rotatable bonds is 4. The normalized spacial score (nSPS) is 11.0. The lowest BCUT2D eigenvalue weighted by Crippen LogP contribution is -2.00. The third kappa shape index (κ3) is 2.07. The van der Waals surface area contributed by atoms with Gasteiger partial charge in [-0.15, -0.1) is 0 Å². The number of benzene rings is 2. The van der Waals surface area contributed by atoms with Crippen LogP contribution in [-0.4, -0.2) is 16.1 Å². The van der Waals surface area contributed by atoms with Gasteiger partial charge in [0.1, 0.15) is 0 Å². The van der Waals surface area contributed by atoms with Crippen molar-refractivity contribution in [1.82, 2.24) is 4.98 Å². The zero-order valence-electron chi connectivity index (χ0n) is 11.0. The monoisotopic (exact) mass is 265 g/mol. The van der Waals surface area contributed by atoms with Crippen LogP contribution in [0.2, 0.25) is 0 Å². The molecule has 20 heavy (non-hydrogen) atoms. The largest absolute Gasteiger partial charge is 0.478 e. The summed E-state index contributed by atoms with van der Waals surface area (Å²) in [6, 6.07) is 14.3.